The second kappa shape index (κ2) is 7.70. The third-order valence-corrected chi connectivity index (χ3v) is 11.4. The monoisotopic (exact) mass is 530 g/mol. The summed E-state index contributed by atoms with van der Waals surface area (Å²) in [5, 5.41) is 12.7. The van der Waals surface area contributed by atoms with Crippen LogP contribution in [-0.4, -0.2) is 65.6 Å². The third kappa shape index (κ3) is 2.85. The lowest BCUT2D eigenvalue weighted by molar-refractivity contribution is -0.215. The maximum atomic E-state index is 13.5. The first kappa shape index (κ1) is 26.0. The summed E-state index contributed by atoms with van der Waals surface area (Å²) in [6, 6.07) is 1.98. The van der Waals surface area contributed by atoms with Gasteiger partial charge in [0, 0.05) is 41.4 Å². The number of rotatable bonds is 4. The number of ketones is 1. The van der Waals surface area contributed by atoms with Crippen LogP contribution in [-0.2, 0) is 33.3 Å². The molecule has 1 aromatic rings. The lowest BCUT2D eigenvalue weighted by atomic mass is 9.43. The predicted octanol–water partition coefficient (Wildman–Crippen LogP) is 3.18. The van der Waals surface area contributed by atoms with Gasteiger partial charge >= 0.3 is 11.9 Å². The van der Waals surface area contributed by atoms with Crippen molar-refractivity contribution in [1.29, 1.82) is 0 Å². The molecule has 1 spiro atoms. The van der Waals surface area contributed by atoms with E-state index in [1.807, 2.05) is 19.9 Å². The van der Waals surface area contributed by atoms with Crippen LogP contribution in [0.1, 0.15) is 72.3 Å². The SMILES string of the molecule is COC(=O)C(OC(C)=O)C1C(C)(C)C(=O)CC2OC3CC4(C)C(c5ccoc5)CC5OC54C(C)(O)C3C21C. The molecule has 6 rings (SSSR count). The molecule has 38 heavy (non-hydrogen) atoms. The Morgan fingerprint density at radius 1 is 1.16 bits per heavy atom. The number of carbonyl (C=O) groups excluding carboxylic acids is 3. The highest BCUT2D eigenvalue weighted by molar-refractivity contribution is 5.88. The fraction of sp³-hybridized carbons (Fsp3) is 0.759. The molecule has 3 heterocycles. The van der Waals surface area contributed by atoms with Crippen LogP contribution in [0.2, 0.25) is 0 Å². The topological polar surface area (TPSA) is 125 Å². The van der Waals surface area contributed by atoms with E-state index >= 15 is 0 Å². The Bertz CT molecular complexity index is 1190. The van der Waals surface area contributed by atoms with Crippen molar-refractivity contribution in [1.82, 2.24) is 0 Å². The van der Waals surface area contributed by atoms with E-state index in [4.69, 9.17) is 23.4 Å². The van der Waals surface area contributed by atoms with Gasteiger partial charge in [-0.3, -0.25) is 9.59 Å². The van der Waals surface area contributed by atoms with Crippen LogP contribution in [0, 0.1) is 28.1 Å². The highest BCUT2D eigenvalue weighted by Crippen LogP contribution is 2.79. The van der Waals surface area contributed by atoms with Crippen molar-refractivity contribution in [3.05, 3.63) is 24.2 Å². The van der Waals surface area contributed by atoms with Gasteiger partial charge in [-0.25, -0.2) is 4.79 Å². The van der Waals surface area contributed by atoms with E-state index in [9.17, 15) is 19.5 Å². The molecule has 2 aliphatic heterocycles. The molecular formula is C29H38O9. The molecule has 5 aliphatic rings. The number of carbonyl (C=O) groups is 3. The molecule has 0 amide bonds. The molecule has 2 saturated heterocycles. The number of methoxy groups -OCH3 is 1. The Morgan fingerprint density at radius 3 is 2.47 bits per heavy atom. The van der Waals surface area contributed by atoms with Gasteiger partial charge in [0.1, 0.15) is 11.4 Å². The highest BCUT2D eigenvalue weighted by Gasteiger charge is 2.88. The molecule has 0 radical (unpaired) electrons. The second-order valence-corrected chi connectivity index (χ2v) is 13.3. The summed E-state index contributed by atoms with van der Waals surface area (Å²) in [6.45, 7) is 10.8. The molecule has 1 N–H and O–H groups in total. The van der Waals surface area contributed by atoms with Crippen molar-refractivity contribution in [3.8, 4) is 0 Å². The van der Waals surface area contributed by atoms with Gasteiger partial charge in [-0.1, -0.05) is 27.7 Å². The van der Waals surface area contributed by atoms with Crippen LogP contribution in [0.15, 0.2) is 23.0 Å². The van der Waals surface area contributed by atoms with Crippen molar-refractivity contribution in [2.45, 2.75) is 102 Å². The number of hydrogen-bond donors (Lipinski definition) is 1. The number of epoxide rings is 1. The first-order valence-electron chi connectivity index (χ1n) is 13.5. The molecule has 208 valence electrons. The van der Waals surface area contributed by atoms with Gasteiger partial charge in [-0.15, -0.1) is 0 Å². The normalized spacial score (nSPS) is 48.8. The standard InChI is InChI=1S/C29H38O9/c1-14(30)36-21(24(32)34-7)23-25(2,3)18(31)11-19-27(23,5)22-17(37-19)12-26(4)16(15-8-9-35-13-15)10-20-29(26,38-20)28(22,6)33/h8-9,13,16-17,19-23,33H,10-12H2,1-7H3. The van der Waals surface area contributed by atoms with Gasteiger partial charge in [0.25, 0.3) is 0 Å². The zero-order valence-electron chi connectivity index (χ0n) is 23.1. The predicted molar refractivity (Wildman–Crippen MR) is 132 cm³/mol. The maximum absolute atomic E-state index is 13.5. The lowest BCUT2D eigenvalue weighted by Gasteiger charge is -2.60. The second-order valence-electron chi connectivity index (χ2n) is 13.3. The van der Waals surface area contributed by atoms with Gasteiger partial charge in [-0.05, 0) is 37.3 Å². The van der Waals surface area contributed by atoms with Gasteiger partial charge in [0.2, 0.25) is 6.10 Å². The molecule has 11 atom stereocenters. The van der Waals surface area contributed by atoms with Crippen molar-refractivity contribution in [2.24, 2.45) is 28.1 Å². The lowest BCUT2D eigenvalue weighted by Crippen LogP contribution is -2.70. The summed E-state index contributed by atoms with van der Waals surface area (Å²) in [5.74, 6) is -2.61. The average molecular weight is 531 g/mol. The minimum atomic E-state index is -1.36. The molecule has 0 aromatic carbocycles. The largest absolute Gasteiger partial charge is 0.472 e. The Morgan fingerprint density at radius 2 is 1.87 bits per heavy atom. The highest BCUT2D eigenvalue weighted by atomic mass is 16.6. The van der Waals surface area contributed by atoms with Gasteiger partial charge in [0.15, 0.2) is 0 Å². The van der Waals surface area contributed by atoms with Gasteiger partial charge in [0.05, 0.1) is 43.5 Å². The van der Waals surface area contributed by atoms with E-state index in [2.05, 4.69) is 6.92 Å². The van der Waals surface area contributed by atoms with E-state index < -0.39 is 69.5 Å². The van der Waals surface area contributed by atoms with Crippen LogP contribution in [0.4, 0.5) is 0 Å². The van der Waals surface area contributed by atoms with Crippen molar-refractivity contribution in [2.75, 3.05) is 7.11 Å². The smallest absolute Gasteiger partial charge is 0.347 e. The molecular weight excluding hydrogens is 492 g/mol. The number of fused-ring (bicyclic) bond motifs is 3. The third-order valence-electron chi connectivity index (χ3n) is 11.4. The minimum Gasteiger partial charge on any atom is -0.472 e. The van der Waals surface area contributed by atoms with Crippen molar-refractivity contribution >= 4 is 17.7 Å². The van der Waals surface area contributed by atoms with E-state index in [0.717, 1.165) is 12.0 Å². The summed E-state index contributed by atoms with van der Waals surface area (Å²) in [6.07, 6.45) is 2.54. The quantitative estimate of drug-likeness (QED) is 0.462. The molecule has 5 fully saturated rings. The molecule has 3 aliphatic carbocycles. The minimum absolute atomic E-state index is 0.0780. The first-order valence-corrected chi connectivity index (χ1v) is 13.5. The average Bonchev–Trinajstić information content (AvgIpc) is 3.08. The van der Waals surface area contributed by atoms with E-state index in [0.29, 0.717) is 6.42 Å². The molecule has 9 heteroatoms. The molecule has 0 bridgehead atoms. The molecule has 1 aromatic heterocycles. The summed E-state index contributed by atoms with van der Waals surface area (Å²) in [5.41, 5.74) is -3.49. The summed E-state index contributed by atoms with van der Waals surface area (Å²) >= 11 is 0. The number of esters is 2. The zero-order valence-corrected chi connectivity index (χ0v) is 23.1. The van der Waals surface area contributed by atoms with Crippen LogP contribution in [0.5, 0.6) is 0 Å². The fourth-order valence-electron chi connectivity index (χ4n) is 10.0. The number of furan rings is 1. The Hall–Kier alpha value is -2.23. The molecule has 9 nitrogen and oxygen atoms in total. The summed E-state index contributed by atoms with van der Waals surface area (Å²) in [4.78, 5) is 38.9. The summed E-state index contributed by atoms with van der Waals surface area (Å²) < 4.78 is 29.3. The zero-order chi connectivity index (χ0) is 27.6. The Labute approximate surface area is 222 Å². The van der Waals surface area contributed by atoms with Crippen LogP contribution in [0.25, 0.3) is 0 Å². The Kier molecular flexibility index (Phi) is 5.27. The molecule has 11 unspecified atom stereocenters. The van der Waals surface area contributed by atoms with Crippen LogP contribution < -0.4 is 0 Å². The van der Waals surface area contributed by atoms with Gasteiger partial charge < -0.3 is 28.5 Å². The van der Waals surface area contributed by atoms with Crippen molar-refractivity contribution in [3.63, 3.8) is 0 Å². The van der Waals surface area contributed by atoms with Crippen molar-refractivity contribution < 1.29 is 42.9 Å². The summed E-state index contributed by atoms with van der Waals surface area (Å²) in [7, 11) is 1.24. The number of aliphatic hydroxyl groups is 1. The maximum Gasteiger partial charge on any atom is 0.347 e. The van der Waals surface area contributed by atoms with Crippen LogP contribution in [0.3, 0.4) is 0 Å². The fourth-order valence-corrected chi connectivity index (χ4v) is 10.0. The molecule has 3 saturated carbocycles. The number of hydrogen-bond acceptors (Lipinski definition) is 9. The van der Waals surface area contributed by atoms with E-state index in [1.165, 1.54) is 14.0 Å². The Balaban J connectivity index is 1.50. The first-order chi connectivity index (χ1) is 17.7. The van der Waals surface area contributed by atoms with E-state index in [-0.39, 0.29) is 24.2 Å². The van der Waals surface area contributed by atoms with Crippen LogP contribution >= 0.6 is 0 Å². The number of ether oxygens (including phenoxy) is 4. The number of Topliss-reactive ketones (excluding diaryl/α,β-unsaturated/α-hetero) is 1. The van der Waals surface area contributed by atoms with Gasteiger partial charge in [-0.2, -0.15) is 0 Å². The van der Waals surface area contributed by atoms with E-state index in [1.54, 1.807) is 26.4 Å².